The average molecular weight is 306 g/mol. The molecule has 1 amide bonds. The second-order valence-corrected chi connectivity index (χ2v) is 5.50. The van der Waals surface area contributed by atoms with Crippen LogP contribution in [0.2, 0.25) is 5.02 Å². The highest BCUT2D eigenvalue weighted by atomic mass is 35.5. The van der Waals surface area contributed by atoms with Crippen molar-refractivity contribution in [3.8, 4) is 0 Å². The smallest absolute Gasteiger partial charge is 0.230 e. The van der Waals surface area contributed by atoms with Crippen molar-refractivity contribution in [2.24, 2.45) is 5.92 Å². The lowest BCUT2D eigenvalue weighted by molar-refractivity contribution is -0.117. The van der Waals surface area contributed by atoms with Gasteiger partial charge in [-0.2, -0.15) is 0 Å². The maximum absolute atomic E-state index is 13.8. The van der Waals surface area contributed by atoms with Crippen molar-refractivity contribution in [2.75, 3.05) is 5.32 Å². The molecule has 0 aliphatic heterocycles. The predicted molar refractivity (Wildman–Crippen MR) is 77.7 cm³/mol. The fourth-order valence-electron chi connectivity index (χ4n) is 2.38. The molecule has 3 rings (SSSR count). The number of carbonyl (C=O) groups is 1. The van der Waals surface area contributed by atoms with E-state index in [0.717, 1.165) is 5.69 Å². The number of benzene rings is 1. The Morgan fingerprint density at radius 3 is 2.95 bits per heavy atom. The summed E-state index contributed by atoms with van der Waals surface area (Å²) < 4.78 is 13.8. The van der Waals surface area contributed by atoms with Crippen LogP contribution in [0.3, 0.4) is 0 Å². The highest BCUT2D eigenvalue weighted by Gasteiger charge is 2.46. The van der Waals surface area contributed by atoms with Crippen molar-refractivity contribution in [3.05, 3.63) is 52.6 Å². The summed E-state index contributed by atoms with van der Waals surface area (Å²) in [6.45, 7) is 1.82. The molecular formula is C15H13ClFN3O. The summed E-state index contributed by atoms with van der Waals surface area (Å²) in [7, 11) is 0. The molecule has 6 heteroatoms. The van der Waals surface area contributed by atoms with E-state index in [9.17, 15) is 9.18 Å². The number of nitrogens with one attached hydrogen (secondary N) is 1. The van der Waals surface area contributed by atoms with Crippen molar-refractivity contribution in [2.45, 2.75) is 19.3 Å². The zero-order chi connectivity index (χ0) is 15.0. The SMILES string of the molecule is Cc1ccnc(NC(=O)C2CC2c2c(F)cccc2Cl)n1. The first-order valence-electron chi connectivity index (χ1n) is 6.60. The van der Waals surface area contributed by atoms with Gasteiger partial charge in [0.25, 0.3) is 0 Å². The van der Waals surface area contributed by atoms with Gasteiger partial charge >= 0.3 is 0 Å². The highest BCUT2D eigenvalue weighted by molar-refractivity contribution is 6.31. The first-order chi connectivity index (χ1) is 10.1. The van der Waals surface area contributed by atoms with Gasteiger partial charge in [-0.1, -0.05) is 17.7 Å². The highest BCUT2D eigenvalue weighted by Crippen LogP contribution is 2.50. The van der Waals surface area contributed by atoms with Crippen LogP contribution in [0.15, 0.2) is 30.5 Å². The van der Waals surface area contributed by atoms with Gasteiger partial charge in [0.1, 0.15) is 5.82 Å². The summed E-state index contributed by atoms with van der Waals surface area (Å²) in [6.07, 6.45) is 2.16. The quantitative estimate of drug-likeness (QED) is 0.946. The molecule has 108 valence electrons. The van der Waals surface area contributed by atoms with Crippen LogP contribution in [-0.2, 0) is 4.79 Å². The third-order valence-electron chi connectivity index (χ3n) is 3.53. The monoisotopic (exact) mass is 305 g/mol. The number of anilines is 1. The zero-order valence-corrected chi connectivity index (χ0v) is 12.1. The van der Waals surface area contributed by atoms with Gasteiger partial charge in [-0.3, -0.25) is 10.1 Å². The van der Waals surface area contributed by atoms with Gasteiger partial charge < -0.3 is 0 Å². The molecule has 21 heavy (non-hydrogen) atoms. The molecule has 1 N–H and O–H groups in total. The molecule has 2 aromatic rings. The number of rotatable bonds is 3. The number of nitrogens with zero attached hydrogens (tertiary/aromatic N) is 2. The maximum Gasteiger partial charge on any atom is 0.230 e. The Balaban J connectivity index is 1.72. The number of carbonyl (C=O) groups excluding carboxylic acids is 1. The molecule has 0 bridgehead atoms. The lowest BCUT2D eigenvalue weighted by atomic mass is 10.1. The normalized spacial score (nSPS) is 20.1. The lowest BCUT2D eigenvalue weighted by Gasteiger charge is -2.06. The van der Waals surface area contributed by atoms with Crippen LogP contribution in [0.5, 0.6) is 0 Å². The minimum absolute atomic E-state index is 0.177. The number of hydrogen-bond acceptors (Lipinski definition) is 3. The molecule has 0 saturated heterocycles. The van der Waals surface area contributed by atoms with E-state index in [1.54, 1.807) is 24.4 Å². The van der Waals surface area contributed by atoms with Crippen LogP contribution in [0, 0.1) is 18.7 Å². The van der Waals surface area contributed by atoms with E-state index in [0.29, 0.717) is 17.0 Å². The molecule has 1 aliphatic carbocycles. The molecule has 1 aromatic heterocycles. The van der Waals surface area contributed by atoms with Crippen LogP contribution in [0.25, 0.3) is 0 Å². The molecule has 2 unspecified atom stereocenters. The summed E-state index contributed by atoms with van der Waals surface area (Å²) >= 11 is 6.02. The van der Waals surface area contributed by atoms with Crippen LogP contribution < -0.4 is 5.32 Å². The van der Waals surface area contributed by atoms with Crippen LogP contribution >= 0.6 is 11.6 Å². The second-order valence-electron chi connectivity index (χ2n) is 5.09. The van der Waals surface area contributed by atoms with Crippen molar-refractivity contribution in [1.82, 2.24) is 9.97 Å². The minimum atomic E-state index is -0.366. The van der Waals surface area contributed by atoms with Gasteiger partial charge in [-0.25, -0.2) is 14.4 Å². The Labute approximate surface area is 126 Å². The molecule has 2 atom stereocenters. The van der Waals surface area contributed by atoms with E-state index in [-0.39, 0.29) is 29.5 Å². The van der Waals surface area contributed by atoms with Gasteiger partial charge in [-0.15, -0.1) is 0 Å². The Bertz CT molecular complexity index is 687. The number of aryl methyl sites for hydroxylation is 1. The Hall–Kier alpha value is -2.01. The van der Waals surface area contributed by atoms with Gasteiger partial charge in [0, 0.05) is 34.3 Å². The van der Waals surface area contributed by atoms with E-state index in [1.807, 2.05) is 6.92 Å². The third-order valence-corrected chi connectivity index (χ3v) is 3.86. The zero-order valence-electron chi connectivity index (χ0n) is 11.3. The minimum Gasteiger partial charge on any atom is -0.294 e. The van der Waals surface area contributed by atoms with Crippen molar-refractivity contribution in [1.29, 1.82) is 0 Å². The van der Waals surface area contributed by atoms with Crippen molar-refractivity contribution >= 4 is 23.5 Å². The van der Waals surface area contributed by atoms with Crippen LogP contribution in [-0.4, -0.2) is 15.9 Å². The summed E-state index contributed by atoms with van der Waals surface area (Å²) in [5.41, 5.74) is 1.19. The third kappa shape index (κ3) is 2.88. The predicted octanol–water partition coefficient (Wildman–Crippen LogP) is 3.32. The largest absolute Gasteiger partial charge is 0.294 e. The standard InChI is InChI=1S/C15H13ClFN3O/c1-8-5-6-18-15(19-8)20-14(21)10-7-9(10)13-11(16)3-2-4-12(13)17/h2-6,9-10H,7H2,1H3,(H,18,19,20,21). The van der Waals surface area contributed by atoms with E-state index in [2.05, 4.69) is 15.3 Å². The van der Waals surface area contributed by atoms with Crippen molar-refractivity contribution < 1.29 is 9.18 Å². The van der Waals surface area contributed by atoms with Gasteiger partial charge in [0.15, 0.2) is 0 Å². The van der Waals surface area contributed by atoms with Gasteiger partial charge in [0.2, 0.25) is 11.9 Å². The Morgan fingerprint density at radius 2 is 2.24 bits per heavy atom. The fourth-order valence-corrected chi connectivity index (χ4v) is 2.68. The molecule has 1 fully saturated rings. The van der Waals surface area contributed by atoms with E-state index < -0.39 is 0 Å². The Kier molecular flexibility index (Phi) is 3.59. The van der Waals surface area contributed by atoms with E-state index in [4.69, 9.17) is 11.6 Å². The molecule has 1 aliphatic rings. The first kappa shape index (κ1) is 13.9. The molecule has 1 saturated carbocycles. The van der Waals surface area contributed by atoms with Gasteiger partial charge in [-0.05, 0) is 31.5 Å². The fraction of sp³-hybridized carbons (Fsp3) is 0.267. The summed E-state index contributed by atoms with van der Waals surface area (Å²) in [5, 5.41) is 3.02. The topological polar surface area (TPSA) is 54.9 Å². The molecule has 0 radical (unpaired) electrons. The van der Waals surface area contributed by atoms with E-state index in [1.165, 1.54) is 6.07 Å². The molecule has 1 aromatic carbocycles. The summed E-state index contributed by atoms with van der Waals surface area (Å²) in [5.74, 6) is -0.767. The summed E-state index contributed by atoms with van der Waals surface area (Å²) in [6, 6.07) is 6.29. The molecule has 0 spiro atoms. The molecular weight excluding hydrogens is 293 g/mol. The molecule has 1 heterocycles. The average Bonchev–Trinajstić information content (AvgIpc) is 3.19. The van der Waals surface area contributed by atoms with Crippen LogP contribution in [0.4, 0.5) is 10.3 Å². The Morgan fingerprint density at radius 1 is 1.43 bits per heavy atom. The maximum atomic E-state index is 13.8. The van der Waals surface area contributed by atoms with Gasteiger partial charge in [0.05, 0.1) is 0 Å². The van der Waals surface area contributed by atoms with Crippen LogP contribution in [0.1, 0.15) is 23.6 Å². The first-order valence-corrected chi connectivity index (χ1v) is 6.98. The molecule has 4 nitrogen and oxygen atoms in total. The van der Waals surface area contributed by atoms with Crippen molar-refractivity contribution in [3.63, 3.8) is 0 Å². The lowest BCUT2D eigenvalue weighted by Crippen LogP contribution is -2.17. The summed E-state index contributed by atoms with van der Waals surface area (Å²) in [4.78, 5) is 20.2. The second kappa shape index (κ2) is 5.41. The number of hydrogen-bond donors (Lipinski definition) is 1. The van der Waals surface area contributed by atoms with E-state index >= 15 is 0 Å². The number of aromatic nitrogens is 2. The number of amides is 1. The number of halogens is 2.